The van der Waals surface area contributed by atoms with Crippen LogP contribution in [0.2, 0.25) is 0 Å². The molecule has 0 spiro atoms. The van der Waals surface area contributed by atoms with Gasteiger partial charge in [0.1, 0.15) is 36.9 Å². The summed E-state index contributed by atoms with van der Waals surface area (Å²) in [6, 6.07) is 14.1. The van der Waals surface area contributed by atoms with Crippen molar-refractivity contribution in [1.82, 2.24) is 4.98 Å². The summed E-state index contributed by atoms with van der Waals surface area (Å²) in [6.45, 7) is -3.66. The largest absolute Gasteiger partial charge is 0.508 e. The molecule has 2 atom stereocenters. The molecule has 0 amide bonds. The first-order valence-corrected chi connectivity index (χ1v) is 21.1. The van der Waals surface area contributed by atoms with E-state index >= 15 is 35.1 Å². The smallest absolute Gasteiger partial charge is 0.204 e. The van der Waals surface area contributed by atoms with Gasteiger partial charge in [0.25, 0.3) is 0 Å². The molecule has 4 aromatic carbocycles. The van der Waals surface area contributed by atoms with Gasteiger partial charge in [0, 0.05) is 33.7 Å². The third kappa shape index (κ3) is 8.42. The first-order chi connectivity index (χ1) is 33.6. The number of phenols is 2. The van der Waals surface area contributed by atoms with E-state index < -0.39 is 119 Å². The quantitative estimate of drug-likeness (QED) is 0.0481. The molecule has 358 valence electrons. The van der Waals surface area contributed by atoms with E-state index in [0.29, 0.717) is 5.57 Å². The minimum absolute atomic E-state index is 0.00613. The first kappa shape index (κ1) is 47.2. The van der Waals surface area contributed by atoms with Crippen molar-refractivity contribution in [2.75, 3.05) is 26.4 Å². The molecule has 1 aromatic heterocycles. The second-order valence-corrected chi connectivity index (χ2v) is 16.1. The number of nitrogens with one attached hydrogen (secondary N) is 1. The highest BCUT2D eigenvalue weighted by Gasteiger charge is 2.36. The van der Waals surface area contributed by atoms with Crippen LogP contribution in [-0.2, 0) is 0 Å². The number of H-pyrrole nitrogens is 1. The van der Waals surface area contributed by atoms with Gasteiger partial charge in [-0.3, -0.25) is 0 Å². The Morgan fingerprint density at radius 1 is 0.500 bits per heavy atom. The van der Waals surface area contributed by atoms with E-state index in [0.717, 1.165) is 0 Å². The fraction of sp³-hybridized carbons (Fsp3) is 0.137. The lowest BCUT2D eigenvalue weighted by molar-refractivity contribution is 0.0503. The highest BCUT2D eigenvalue weighted by Crippen LogP contribution is 2.45. The van der Waals surface area contributed by atoms with Crippen LogP contribution < -0.4 is 9.47 Å². The van der Waals surface area contributed by atoms with E-state index in [1.165, 1.54) is 91.1 Å². The molecule has 3 aliphatic heterocycles. The third-order valence-electron chi connectivity index (χ3n) is 11.5. The van der Waals surface area contributed by atoms with Crippen LogP contribution in [0.3, 0.4) is 0 Å². The lowest BCUT2D eigenvalue weighted by Gasteiger charge is -2.18. The van der Waals surface area contributed by atoms with Crippen LogP contribution in [0.4, 0.5) is 35.1 Å². The molecule has 11 nitrogen and oxygen atoms in total. The average Bonchev–Trinajstić information content (AvgIpc) is 4.20. The number of ether oxygens (including phenoxy) is 2. The van der Waals surface area contributed by atoms with E-state index in [2.05, 4.69) is 4.98 Å². The molecule has 2 unspecified atom stereocenters. The second-order valence-electron chi connectivity index (χ2n) is 16.1. The minimum Gasteiger partial charge on any atom is -0.508 e. The van der Waals surface area contributed by atoms with Gasteiger partial charge in [0.05, 0.1) is 47.2 Å². The number of hydrogen-bond acceptors (Lipinski definition) is 10. The summed E-state index contributed by atoms with van der Waals surface area (Å²) >= 11 is 0. The van der Waals surface area contributed by atoms with E-state index in [1.54, 1.807) is 6.07 Å². The summed E-state index contributed by atoms with van der Waals surface area (Å²) in [6.07, 6.45) is 4.64. The number of aliphatic imine (C=N–C) groups is 2. The molecule has 1 aliphatic carbocycles. The lowest BCUT2D eigenvalue weighted by Crippen LogP contribution is -2.22. The van der Waals surface area contributed by atoms with Gasteiger partial charge < -0.3 is 45.1 Å². The Kier molecular flexibility index (Phi) is 12.8. The maximum absolute atomic E-state index is 16.6. The van der Waals surface area contributed by atoms with Gasteiger partial charge in [-0.15, -0.1) is 0 Å². The summed E-state index contributed by atoms with van der Waals surface area (Å²) < 4.78 is 140. The number of aromatic hydroxyl groups is 2. The number of hydrogen-bond donors (Lipinski definition) is 7. The highest BCUT2D eigenvalue weighted by atomic mass is 19.2. The normalized spacial score (nSPS) is 16.2. The summed E-state index contributed by atoms with van der Waals surface area (Å²) in [5.41, 5.74) is -2.86. The maximum atomic E-state index is 16.6. The van der Waals surface area contributed by atoms with E-state index in [-0.39, 0.29) is 80.0 Å². The molecule has 0 saturated heterocycles. The van der Waals surface area contributed by atoms with Gasteiger partial charge in [0.2, 0.25) is 23.3 Å². The van der Waals surface area contributed by atoms with Crippen LogP contribution in [0.5, 0.6) is 23.0 Å². The van der Waals surface area contributed by atoms with E-state index in [4.69, 9.17) is 19.5 Å². The third-order valence-corrected chi connectivity index (χ3v) is 11.5. The molecule has 8 bridgehead atoms. The summed E-state index contributed by atoms with van der Waals surface area (Å²) in [7, 11) is 0. The van der Waals surface area contributed by atoms with Crippen molar-refractivity contribution >= 4 is 33.7 Å². The molecule has 4 heterocycles. The van der Waals surface area contributed by atoms with Crippen molar-refractivity contribution in [2.24, 2.45) is 9.98 Å². The van der Waals surface area contributed by atoms with Gasteiger partial charge in [-0.25, -0.2) is 27.5 Å². The summed E-state index contributed by atoms with van der Waals surface area (Å²) in [5, 5.41) is 59.1. The van der Waals surface area contributed by atoms with Crippen molar-refractivity contribution in [3.8, 4) is 23.0 Å². The molecule has 70 heavy (non-hydrogen) atoms. The Morgan fingerprint density at radius 2 is 0.914 bits per heavy atom. The number of allylic oxidation sites excluding steroid dienone is 10. The van der Waals surface area contributed by atoms with Crippen molar-refractivity contribution in [3.05, 3.63) is 200 Å². The van der Waals surface area contributed by atoms with E-state index in [9.17, 15) is 30.6 Å². The lowest BCUT2D eigenvalue weighted by atomic mass is 9.90. The zero-order valence-electron chi connectivity index (χ0n) is 35.8. The number of aliphatic hydroxyl groups excluding tert-OH is 4. The average molecular weight is 970 g/mol. The summed E-state index contributed by atoms with van der Waals surface area (Å²) in [4.78, 5) is 12.4. The molecule has 0 fully saturated rings. The van der Waals surface area contributed by atoms with Crippen LogP contribution in [0.15, 0.2) is 130 Å². The van der Waals surface area contributed by atoms with Crippen molar-refractivity contribution in [3.63, 3.8) is 0 Å². The molecule has 9 rings (SSSR count). The molecule has 0 saturated carbocycles. The van der Waals surface area contributed by atoms with Gasteiger partial charge in [0.15, 0.2) is 34.8 Å². The molecule has 4 aliphatic rings. The molecular formula is C51H35F8N3O8. The fourth-order valence-corrected chi connectivity index (χ4v) is 8.33. The van der Waals surface area contributed by atoms with Crippen molar-refractivity contribution in [2.45, 2.75) is 18.6 Å². The Labute approximate surface area is 391 Å². The number of fused-ring (bicyclic) bond motifs is 6. The number of halogens is 8. The predicted molar refractivity (Wildman–Crippen MR) is 240 cm³/mol. The molecule has 5 aromatic rings. The molecule has 0 radical (unpaired) electrons. The maximum Gasteiger partial charge on any atom is 0.204 e. The van der Waals surface area contributed by atoms with Crippen LogP contribution >= 0.6 is 0 Å². The molecule has 7 N–H and O–H groups in total. The number of aromatic nitrogens is 1. The van der Waals surface area contributed by atoms with Crippen LogP contribution in [0.25, 0.3) is 22.3 Å². The van der Waals surface area contributed by atoms with Crippen LogP contribution in [0.1, 0.15) is 40.1 Å². The predicted octanol–water partition coefficient (Wildman–Crippen LogP) is 8.42. The monoisotopic (exact) mass is 969 g/mol. The fourth-order valence-electron chi connectivity index (χ4n) is 8.33. The number of benzene rings is 4. The Bertz CT molecular complexity index is 3270. The highest BCUT2D eigenvalue weighted by molar-refractivity contribution is 6.34. The number of nitrogens with zero attached hydrogens (tertiary/aromatic N) is 2. The van der Waals surface area contributed by atoms with Crippen molar-refractivity contribution < 1.29 is 75.2 Å². The first-order valence-electron chi connectivity index (χ1n) is 21.1. The topological polar surface area (TPSA) is 180 Å². The zero-order valence-corrected chi connectivity index (χ0v) is 35.8. The molecular weight excluding hydrogens is 935 g/mol. The number of aliphatic hydroxyl groups is 4. The number of phenolic OH excluding ortho intramolecular Hbond substituents is 2. The number of rotatable bonds is 12. The Hall–Kier alpha value is -7.84. The van der Waals surface area contributed by atoms with Gasteiger partial charge in [-0.1, -0.05) is 36.4 Å². The standard InChI is InChI=1S/C51H35F8N3O8/c52-42-40(43(53)47(57)50(46(42)56)69-20-28(67)18-63)38-25-8-7-24(15-25)36(22-3-1-5-26(65)16-22)30-9-13-34(60-30)39(41-44(54)48(58)51(49(59)45(41)55)70-21-29(68)19-64)35-14-11-32(62-35)37(31-10-12-33(38)61-31)23-4-2-6-27(66)17-23/h1-14,16-17,28-29,62-68H,15,18-21H2. The summed E-state index contributed by atoms with van der Waals surface area (Å²) in [5.74, 6) is -19.1. The van der Waals surface area contributed by atoms with Crippen molar-refractivity contribution in [1.29, 1.82) is 0 Å². The van der Waals surface area contributed by atoms with Gasteiger partial charge >= 0.3 is 0 Å². The zero-order chi connectivity index (χ0) is 49.7. The van der Waals surface area contributed by atoms with Crippen LogP contribution in [0, 0.1) is 46.5 Å². The van der Waals surface area contributed by atoms with Gasteiger partial charge in [-0.05, 0) is 89.4 Å². The van der Waals surface area contributed by atoms with E-state index in [1.807, 2.05) is 0 Å². The minimum atomic E-state index is -1.98. The second kappa shape index (κ2) is 18.9. The van der Waals surface area contributed by atoms with Crippen LogP contribution in [-0.4, -0.2) is 85.7 Å². The SMILES string of the molecule is OCC(O)COc1c(F)c(F)c(C2=C3C=CC(=C(c4cccc(O)c4)C4=NC(=C(c5c(F)c(F)c(OCC(O)CO)c(F)c5F)c5ccc([nH]5)C(c5cccc(O)c5)=C5C=CC2=N5)C=C4)C3)c(F)c1F. The Balaban J connectivity index is 1.36. The van der Waals surface area contributed by atoms with Gasteiger partial charge in [-0.2, -0.15) is 17.6 Å². The number of aromatic amines is 1. The molecule has 19 heteroatoms. The Morgan fingerprint density at radius 3 is 1.39 bits per heavy atom.